The Hall–Kier alpha value is -3.15. The normalized spacial score (nSPS) is 10.4. The van der Waals surface area contributed by atoms with Gasteiger partial charge < -0.3 is 15.1 Å². The molecule has 0 spiro atoms. The number of carbonyl (C=O) groups is 3. The molecule has 0 saturated heterocycles. The first-order chi connectivity index (χ1) is 13.8. The summed E-state index contributed by atoms with van der Waals surface area (Å²) in [5.41, 5.74) is 3.80. The number of Topliss-reactive ketones (excluding diaryl/α,β-unsaturated/α-hetero) is 1. The molecule has 0 saturated carbocycles. The van der Waals surface area contributed by atoms with E-state index in [2.05, 4.69) is 24.1 Å². The van der Waals surface area contributed by atoms with Gasteiger partial charge in [0, 0.05) is 42.6 Å². The van der Waals surface area contributed by atoms with Crippen LogP contribution in [0.3, 0.4) is 0 Å². The zero-order chi connectivity index (χ0) is 21.6. The molecule has 2 aromatic rings. The van der Waals surface area contributed by atoms with E-state index < -0.39 is 0 Å². The van der Waals surface area contributed by atoms with Crippen LogP contribution in [-0.4, -0.2) is 37.2 Å². The number of anilines is 3. The van der Waals surface area contributed by atoms with Gasteiger partial charge in [0.05, 0.1) is 0 Å². The molecule has 29 heavy (non-hydrogen) atoms. The molecule has 0 unspecified atom stereocenters. The van der Waals surface area contributed by atoms with Crippen LogP contribution >= 0.6 is 0 Å². The molecule has 0 bridgehead atoms. The van der Waals surface area contributed by atoms with Crippen LogP contribution in [0.2, 0.25) is 0 Å². The molecule has 0 fully saturated rings. The van der Waals surface area contributed by atoms with Gasteiger partial charge in [-0.1, -0.05) is 12.1 Å². The number of nitrogens with zero attached hydrogens (tertiary/aromatic N) is 2. The summed E-state index contributed by atoms with van der Waals surface area (Å²) in [5, 5.41) is 2.89. The highest BCUT2D eigenvalue weighted by atomic mass is 16.2. The molecular weight excluding hydrogens is 366 g/mol. The second kappa shape index (κ2) is 9.87. The fourth-order valence-electron chi connectivity index (χ4n) is 3.18. The number of amides is 2. The highest BCUT2D eigenvalue weighted by Gasteiger charge is 2.17. The molecule has 0 aromatic heterocycles. The van der Waals surface area contributed by atoms with Crippen molar-refractivity contribution in [2.45, 2.75) is 34.6 Å². The fourth-order valence-corrected chi connectivity index (χ4v) is 3.18. The zero-order valence-corrected chi connectivity index (χ0v) is 17.8. The van der Waals surface area contributed by atoms with E-state index in [9.17, 15) is 14.4 Å². The molecule has 6 nitrogen and oxygen atoms in total. The van der Waals surface area contributed by atoms with Gasteiger partial charge in [-0.25, -0.2) is 0 Å². The molecule has 0 aliphatic carbocycles. The van der Waals surface area contributed by atoms with E-state index in [1.807, 2.05) is 25.1 Å². The lowest BCUT2D eigenvalue weighted by Gasteiger charge is -2.23. The minimum absolute atomic E-state index is 0.0938. The molecule has 2 rings (SSSR count). The summed E-state index contributed by atoms with van der Waals surface area (Å²) in [6.45, 7) is 10.7. The predicted octanol–water partition coefficient (Wildman–Crippen LogP) is 4.04. The van der Waals surface area contributed by atoms with Crippen LogP contribution in [0.5, 0.6) is 0 Å². The second-order valence-electron chi connectivity index (χ2n) is 6.93. The van der Waals surface area contributed by atoms with E-state index >= 15 is 0 Å². The van der Waals surface area contributed by atoms with Crippen molar-refractivity contribution in [3.05, 3.63) is 53.6 Å². The van der Waals surface area contributed by atoms with Gasteiger partial charge in [0.1, 0.15) is 6.54 Å². The van der Waals surface area contributed by atoms with Crippen LogP contribution in [0, 0.1) is 6.92 Å². The van der Waals surface area contributed by atoms with Crippen molar-refractivity contribution < 1.29 is 14.4 Å². The van der Waals surface area contributed by atoms with E-state index in [0.29, 0.717) is 16.9 Å². The average molecular weight is 396 g/mol. The first kappa shape index (κ1) is 22.1. The largest absolute Gasteiger partial charge is 0.372 e. The smallest absolute Gasteiger partial charge is 0.244 e. The SMILES string of the molecule is CCN(CC)c1ccc(NC(=O)CN(C(C)=O)c2cccc(C(C)=O)c2)c(C)c1. The molecule has 0 radical (unpaired) electrons. The Morgan fingerprint density at radius 1 is 0.931 bits per heavy atom. The Bertz CT molecular complexity index is 904. The summed E-state index contributed by atoms with van der Waals surface area (Å²) in [7, 11) is 0. The van der Waals surface area contributed by atoms with Gasteiger partial charge in [-0.2, -0.15) is 0 Å². The molecule has 0 aliphatic rings. The van der Waals surface area contributed by atoms with E-state index in [4.69, 9.17) is 0 Å². The number of hydrogen-bond donors (Lipinski definition) is 1. The quantitative estimate of drug-likeness (QED) is 0.685. The van der Waals surface area contributed by atoms with Crippen LogP contribution < -0.4 is 15.1 Å². The molecule has 2 aromatic carbocycles. The minimum atomic E-state index is -0.299. The van der Waals surface area contributed by atoms with Crippen molar-refractivity contribution in [1.82, 2.24) is 0 Å². The molecule has 0 heterocycles. The third-order valence-electron chi connectivity index (χ3n) is 4.86. The lowest BCUT2D eigenvalue weighted by atomic mass is 10.1. The Labute approximate surface area is 172 Å². The number of ketones is 1. The number of rotatable bonds is 8. The van der Waals surface area contributed by atoms with Crippen molar-refractivity contribution >= 4 is 34.7 Å². The van der Waals surface area contributed by atoms with Gasteiger partial charge in [0.25, 0.3) is 0 Å². The average Bonchev–Trinajstić information content (AvgIpc) is 2.69. The van der Waals surface area contributed by atoms with Crippen molar-refractivity contribution in [1.29, 1.82) is 0 Å². The van der Waals surface area contributed by atoms with Gasteiger partial charge >= 0.3 is 0 Å². The third kappa shape index (κ3) is 5.67. The summed E-state index contributed by atoms with van der Waals surface area (Å²) < 4.78 is 0. The maximum absolute atomic E-state index is 12.6. The monoisotopic (exact) mass is 395 g/mol. The van der Waals surface area contributed by atoms with Gasteiger partial charge in [-0.05, 0) is 63.6 Å². The Morgan fingerprint density at radius 2 is 1.62 bits per heavy atom. The lowest BCUT2D eigenvalue weighted by Crippen LogP contribution is -2.36. The number of nitrogens with one attached hydrogen (secondary N) is 1. The van der Waals surface area contributed by atoms with E-state index in [1.54, 1.807) is 24.3 Å². The standard InChI is InChI=1S/C23H29N3O3/c1-6-25(7-2)20-11-12-22(16(3)13-20)24-23(29)15-26(18(5)28)21-10-8-9-19(14-21)17(4)27/h8-14H,6-7,15H2,1-5H3,(H,24,29). The molecule has 1 N–H and O–H groups in total. The summed E-state index contributed by atoms with van der Waals surface area (Å²) >= 11 is 0. The van der Waals surface area contributed by atoms with Crippen molar-refractivity contribution in [3.63, 3.8) is 0 Å². The summed E-state index contributed by atoms with van der Waals surface area (Å²) in [5.74, 6) is -0.662. The van der Waals surface area contributed by atoms with Gasteiger partial charge in [-0.3, -0.25) is 14.4 Å². The van der Waals surface area contributed by atoms with Crippen molar-refractivity contribution in [3.8, 4) is 0 Å². The van der Waals surface area contributed by atoms with E-state index in [-0.39, 0.29) is 24.1 Å². The first-order valence-electron chi connectivity index (χ1n) is 9.81. The maximum atomic E-state index is 12.6. The van der Waals surface area contributed by atoms with Gasteiger partial charge in [-0.15, -0.1) is 0 Å². The van der Waals surface area contributed by atoms with Crippen LogP contribution in [0.4, 0.5) is 17.1 Å². The topological polar surface area (TPSA) is 69.7 Å². The highest BCUT2D eigenvalue weighted by molar-refractivity contribution is 6.03. The molecule has 0 atom stereocenters. The zero-order valence-electron chi connectivity index (χ0n) is 17.8. The van der Waals surface area contributed by atoms with Gasteiger partial charge in [0.2, 0.25) is 11.8 Å². The van der Waals surface area contributed by atoms with Crippen molar-refractivity contribution in [2.24, 2.45) is 0 Å². The molecule has 6 heteroatoms. The van der Waals surface area contributed by atoms with Gasteiger partial charge in [0.15, 0.2) is 5.78 Å². The maximum Gasteiger partial charge on any atom is 0.244 e. The summed E-state index contributed by atoms with van der Waals surface area (Å²) in [4.78, 5) is 40.0. The summed E-state index contributed by atoms with van der Waals surface area (Å²) in [6, 6.07) is 12.6. The van der Waals surface area contributed by atoms with E-state index in [0.717, 1.165) is 24.3 Å². The van der Waals surface area contributed by atoms with E-state index in [1.165, 1.54) is 18.7 Å². The predicted molar refractivity (Wildman–Crippen MR) is 118 cm³/mol. The Kier molecular flexibility index (Phi) is 7.53. The first-order valence-corrected chi connectivity index (χ1v) is 9.81. The number of aryl methyl sites for hydroxylation is 1. The Morgan fingerprint density at radius 3 is 2.17 bits per heavy atom. The molecule has 0 aliphatic heterocycles. The highest BCUT2D eigenvalue weighted by Crippen LogP contribution is 2.23. The van der Waals surface area contributed by atoms with Crippen LogP contribution in [0.15, 0.2) is 42.5 Å². The fraction of sp³-hybridized carbons (Fsp3) is 0.348. The lowest BCUT2D eigenvalue weighted by molar-refractivity contribution is -0.120. The number of carbonyl (C=O) groups excluding carboxylic acids is 3. The van der Waals surface area contributed by atoms with Crippen molar-refractivity contribution in [2.75, 3.05) is 34.8 Å². The Balaban J connectivity index is 2.16. The summed E-state index contributed by atoms with van der Waals surface area (Å²) in [6.07, 6.45) is 0. The number of hydrogen-bond acceptors (Lipinski definition) is 4. The molecule has 2 amide bonds. The molecular formula is C23H29N3O3. The van der Waals surface area contributed by atoms with Crippen LogP contribution in [0.25, 0.3) is 0 Å². The number of benzene rings is 2. The molecule has 154 valence electrons. The van der Waals surface area contributed by atoms with Crippen LogP contribution in [-0.2, 0) is 9.59 Å². The van der Waals surface area contributed by atoms with Crippen LogP contribution in [0.1, 0.15) is 43.6 Å². The minimum Gasteiger partial charge on any atom is -0.372 e. The third-order valence-corrected chi connectivity index (χ3v) is 4.86. The second-order valence-corrected chi connectivity index (χ2v) is 6.93.